The smallest absolute Gasteiger partial charge is 0.119 e. The number of ether oxygens (including phenoxy) is 1. The van der Waals surface area contributed by atoms with Crippen molar-refractivity contribution in [1.29, 1.82) is 0 Å². The van der Waals surface area contributed by atoms with Crippen LogP contribution in [0.5, 0.6) is 5.75 Å². The molecule has 3 rings (SSSR count). The van der Waals surface area contributed by atoms with E-state index in [4.69, 9.17) is 10.5 Å². The van der Waals surface area contributed by atoms with Crippen LogP contribution in [-0.4, -0.2) is 16.1 Å². The Balaban J connectivity index is 1.78. The van der Waals surface area contributed by atoms with Crippen LogP contribution in [0, 0.1) is 6.92 Å². The fourth-order valence-corrected chi connectivity index (χ4v) is 2.82. The van der Waals surface area contributed by atoms with Crippen LogP contribution >= 0.6 is 0 Å². The van der Waals surface area contributed by atoms with Gasteiger partial charge < -0.3 is 15.5 Å². The molecule has 1 aliphatic rings. The minimum Gasteiger partial charge on any atom is -0.490 e. The Morgan fingerprint density at radius 1 is 1.25 bits per heavy atom. The van der Waals surface area contributed by atoms with Gasteiger partial charge in [-0.1, -0.05) is 0 Å². The van der Waals surface area contributed by atoms with Crippen LogP contribution in [0.1, 0.15) is 37.2 Å². The van der Waals surface area contributed by atoms with Crippen molar-refractivity contribution >= 4 is 0 Å². The normalized spacial score (nSPS) is 15.7. The van der Waals surface area contributed by atoms with Crippen LogP contribution in [0.15, 0.2) is 24.3 Å². The molecule has 1 aromatic heterocycles. The second kappa shape index (κ2) is 5.67. The molecule has 20 heavy (non-hydrogen) atoms. The monoisotopic (exact) mass is 271 g/mol. The highest BCUT2D eigenvalue weighted by atomic mass is 16.5. The Kier molecular flexibility index (Phi) is 3.74. The third-order valence-electron chi connectivity index (χ3n) is 3.83. The molecule has 0 unspecified atom stereocenters. The molecule has 0 atom stereocenters. The molecule has 1 saturated carbocycles. The van der Waals surface area contributed by atoms with Crippen LogP contribution in [-0.2, 0) is 6.54 Å². The lowest BCUT2D eigenvalue weighted by atomic mass is 10.1. The number of imidazole rings is 1. The van der Waals surface area contributed by atoms with E-state index in [0.717, 1.165) is 28.5 Å². The van der Waals surface area contributed by atoms with E-state index in [0.29, 0.717) is 12.6 Å². The molecule has 1 aromatic carbocycles. The van der Waals surface area contributed by atoms with Gasteiger partial charge in [0.25, 0.3) is 0 Å². The second-order valence-corrected chi connectivity index (χ2v) is 5.40. The molecule has 0 radical (unpaired) electrons. The summed E-state index contributed by atoms with van der Waals surface area (Å²) in [6, 6.07) is 8.16. The molecule has 1 aliphatic carbocycles. The molecule has 3 N–H and O–H groups in total. The van der Waals surface area contributed by atoms with E-state index in [1.165, 1.54) is 25.7 Å². The van der Waals surface area contributed by atoms with Crippen molar-refractivity contribution in [3.05, 3.63) is 35.8 Å². The minimum atomic E-state index is 0.396. The van der Waals surface area contributed by atoms with Crippen molar-refractivity contribution in [2.24, 2.45) is 5.73 Å². The fourth-order valence-electron chi connectivity index (χ4n) is 2.82. The summed E-state index contributed by atoms with van der Waals surface area (Å²) in [5.74, 6) is 1.84. The first kappa shape index (κ1) is 13.2. The largest absolute Gasteiger partial charge is 0.490 e. The van der Waals surface area contributed by atoms with Gasteiger partial charge in [0, 0.05) is 12.1 Å². The minimum absolute atomic E-state index is 0.396. The Morgan fingerprint density at radius 2 is 1.95 bits per heavy atom. The van der Waals surface area contributed by atoms with Crippen LogP contribution in [0.4, 0.5) is 0 Å². The topological polar surface area (TPSA) is 63.9 Å². The number of aromatic amines is 1. The van der Waals surface area contributed by atoms with Gasteiger partial charge in [-0.25, -0.2) is 4.98 Å². The molecular weight excluding hydrogens is 250 g/mol. The van der Waals surface area contributed by atoms with E-state index in [1.54, 1.807) is 0 Å². The number of nitrogens with two attached hydrogens (primary N) is 1. The van der Waals surface area contributed by atoms with Gasteiger partial charge in [-0.2, -0.15) is 0 Å². The summed E-state index contributed by atoms with van der Waals surface area (Å²) < 4.78 is 5.98. The average Bonchev–Trinajstić information content (AvgIpc) is 3.09. The van der Waals surface area contributed by atoms with Crippen molar-refractivity contribution in [2.75, 3.05) is 0 Å². The molecule has 106 valence electrons. The van der Waals surface area contributed by atoms with Gasteiger partial charge >= 0.3 is 0 Å². The molecule has 4 nitrogen and oxygen atoms in total. The first-order chi connectivity index (χ1) is 9.76. The maximum atomic E-state index is 5.98. The standard InChI is InChI=1S/C16H21N3O/c1-11-18-15(10-17)16(19-11)12-6-8-14(9-7-12)20-13-4-2-3-5-13/h6-9,13H,2-5,10,17H2,1H3,(H,18,19). The molecule has 2 aromatic rings. The number of H-pyrrole nitrogens is 1. The summed E-state index contributed by atoms with van der Waals surface area (Å²) in [6.07, 6.45) is 5.33. The van der Waals surface area contributed by atoms with Gasteiger partial charge in [-0.15, -0.1) is 0 Å². The first-order valence-corrected chi connectivity index (χ1v) is 7.29. The van der Waals surface area contributed by atoms with Gasteiger partial charge in [0.05, 0.1) is 17.5 Å². The maximum Gasteiger partial charge on any atom is 0.119 e. The van der Waals surface area contributed by atoms with E-state index >= 15 is 0 Å². The SMILES string of the molecule is Cc1nc(-c2ccc(OC3CCCC3)cc2)c(CN)[nH]1. The predicted octanol–water partition coefficient (Wildman–Crippen LogP) is 3.17. The zero-order valence-corrected chi connectivity index (χ0v) is 11.9. The Morgan fingerprint density at radius 3 is 2.60 bits per heavy atom. The number of nitrogens with zero attached hydrogens (tertiary/aromatic N) is 1. The molecular formula is C16H21N3O. The third kappa shape index (κ3) is 2.70. The molecule has 0 bridgehead atoms. The number of hydrogen-bond donors (Lipinski definition) is 2. The summed E-state index contributed by atoms with van der Waals surface area (Å²) in [6.45, 7) is 2.41. The lowest BCUT2D eigenvalue weighted by Crippen LogP contribution is -2.10. The summed E-state index contributed by atoms with van der Waals surface area (Å²) in [5, 5.41) is 0. The number of aryl methyl sites for hydroxylation is 1. The summed E-state index contributed by atoms with van der Waals surface area (Å²) in [5.41, 5.74) is 8.74. The van der Waals surface area contributed by atoms with E-state index in [9.17, 15) is 0 Å². The molecule has 1 fully saturated rings. The van der Waals surface area contributed by atoms with Crippen LogP contribution in [0.2, 0.25) is 0 Å². The molecule has 1 heterocycles. The average molecular weight is 271 g/mol. The highest BCUT2D eigenvalue weighted by Crippen LogP contribution is 2.27. The number of nitrogens with one attached hydrogen (secondary N) is 1. The Hall–Kier alpha value is -1.81. The number of hydrogen-bond acceptors (Lipinski definition) is 3. The molecule has 0 aliphatic heterocycles. The molecule has 0 saturated heterocycles. The van der Waals surface area contributed by atoms with Gasteiger partial charge in [0.2, 0.25) is 0 Å². The highest BCUT2D eigenvalue weighted by molar-refractivity contribution is 5.63. The fraction of sp³-hybridized carbons (Fsp3) is 0.438. The van der Waals surface area contributed by atoms with Crippen molar-refractivity contribution in [3.63, 3.8) is 0 Å². The van der Waals surface area contributed by atoms with E-state index in [1.807, 2.05) is 19.1 Å². The summed E-state index contributed by atoms with van der Waals surface area (Å²) in [4.78, 5) is 7.71. The lowest BCUT2D eigenvalue weighted by molar-refractivity contribution is 0.210. The lowest BCUT2D eigenvalue weighted by Gasteiger charge is -2.13. The number of rotatable bonds is 4. The Bertz CT molecular complexity index is 568. The van der Waals surface area contributed by atoms with Gasteiger partial charge in [0.15, 0.2) is 0 Å². The maximum absolute atomic E-state index is 5.98. The van der Waals surface area contributed by atoms with Gasteiger partial charge in [-0.05, 0) is 56.9 Å². The molecule has 4 heteroatoms. The van der Waals surface area contributed by atoms with E-state index < -0.39 is 0 Å². The van der Waals surface area contributed by atoms with Crippen molar-refractivity contribution < 1.29 is 4.74 Å². The zero-order valence-electron chi connectivity index (χ0n) is 11.9. The third-order valence-corrected chi connectivity index (χ3v) is 3.83. The van der Waals surface area contributed by atoms with Crippen LogP contribution in [0.25, 0.3) is 11.3 Å². The molecule has 0 amide bonds. The Labute approximate surface area is 119 Å². The first-order valence-electron chi connectivity index (χ1n) is 7.29. The second-order valence-electron chi connectivity index (χ2n) is 5.40. The predicted molar refractivity (Wildman–Crippen MR) is 79.5 cm³/mol. The number of benzene rings is 1. The highest BCUT2D eigenvalue weighted by Gasteiger charge is 2.16. The van der Waals surface area contributed by atoms with Gasteiger partial charge in [-0.3, -0.25) is 0 Å². The van der Waals surface area contributed by atoms with Crippen molar-refractivity contribution in [2.45, 2.75) is 45.3 Å². The summed E-state index contributed by atoms with van der Waals surface area (Å²) >= 11 is 0. The van der Waals surface area contributed by atoms with E-state index in [2.05, 4.69) is 22.1 Å². The molecule has 0 spiro atoms. The van der Waals surface area contributed by atoms with Crippen molar-refractivity contribution in [3.8, 4) is 17.0 Å². The van der Waals surface area contributed by atoms with E-state index in [-0.39, 0.29) is 0 Å². The van der Waals surface area contributed by atoms with Gasteiger partial charge in [0.1, 0.15) is 11.6 Å². The number of aromatic nitrogens is 2. The van der Waals surface area contributed by atoms with Crippen LogP contribution < -0.4 is 10.5 Å². The zero-order chi connectivity index (χ0) is 13.9. The quantitative estimate of drug-likeness (QED) is 0.897. The van der Waals surface area contributed by atoms with Crippen molar-refractivity contribution in [1.82, 2.24) is 9.97 Å². The summed E-state index contributed by atoms with van der Waals surface area (Å²) in [7, 11) is 0. The van der Waals surface area contributed by atoms with Crippen LogP contribution in [0.3, 0.4) is 0 Å².